The van der Waals surface area contributed by atoms with Crippen LogP contribution in [0.3, 0.4) is 0 Å². The topological polar surface area (TPSA) is 49.7 Å². The average Bonchev–Trinajstić information content (AvgIpc) is 2.15. The molecule has 3 heteroatoms. The maximum absolute atomic E-state index is 11.6. The second-order valence-electron chi connectivity index (χ2n) is 4.04. The van der Waals surface area contributed by atoms with Gasteiger partial charge in [0, 0.05) is 5.92 Å². The maximum Gasteiger partial charge on any atom is 0.164 e. The van der Waals surface area contributed by atoms with Crippen molar-refractivity contribution >= 4 is 11.5 Å². The van der Waals surface area contributed by atoms with E-state index < -0.39 is 0 Å². The summed E-state index contributed by atoms with van der Waals surface area (Å²) in [4.78, 5) is 11.6. The number of carbonyl (C=O) groups is 1. The van der Waals surface area contributed by atoms with Crippen LogP contribution in [0, 0.1) is 11.8 Å². The molecule has 1 N–H and O–H groups in total. The molecule has 2 rings (SSSR count). The zero-order valence-electron chi connectivity index (χ0n) is 8.32. The smallest absolute Gasteiger partial charge is 0.164 e. The van der Waals surface area contributed by atoms with E-state index in [0.717, 1.165) is 12.0 Å². The number of fused-ring (bicyclic) bond motifs is 2. The van der Waals surface area contributed by atoms with E-state index in [1.807, 2.05) is 19.9 Å². The number of hydrogen-bond donors (Lipinski definition) is 1. The summed E-state index contributed by atoms with van der Waals surface area (Å²) >= 11 is 0. The van der Waals surface area contributed by atoms with Crippen LogP contribution in [0.15, 0.2) is 28.5 Å². The molecule has 0 spiro atoms. The van der Waals surface area contributed by atoms with E-state index >= 15 is 0 Å². The van der Waals surface area contributed by atoms with Crippen LogP contribution in [0.5, 0.6) is 0 Å². The first kappa shape index (κ1) is 9.19. The third-order valence-electron chi connectivity index (χ3n) is 3.13. The zero-order valence-corrected chi connectivity index (χ0v) is 8.32. The van der Waals surface area contributed by atoms with Crippen molar-refractivity contribution in [1.82, 2.24) is 0 Å². The predicted octanol–water partition coefficient (Wildman–Crippen LogP) is 1.93. The molecule has 2 atom stereocenters. The summed E-state index contributed by atoms with van der Waals surface area (Å²) < 4.78 is 0. The summed E-state index contributed by atoms with van der Waals surface area (Å²) in [5.74, 6) is 0.205. The maximum atomic E-state index is 11.6. The third-order valence-corrected chi connectivity index (χ3v) is 3.13. The van der Waals surface area contributed by atoms with Crippen molar-refractivity contribution in [2.75, 3.05) is 0 Å². The first-order valence-corrected chi connectivity index (χ1v) is 4.75. The fourth-order valence-electron chi connectivity index (χ4n) is 2.31. The molecule has 14 heavy (non-hydrogen) atoms. The molecule has 2 aliphatic rings. The summed E-state index contributed by atoms with van der Waals surface area (Å²) in [7, 11) is 0. The van der Waals surface area contributed by atoms with Crippen molar-refractivity contribution < 1.29 is 10.0 Å². The van der Waals surface area contributed by atoms with Crippen molar-refractivity contribution in [2.24, 2.45) is 17.0 Å². The van der Waals surface area contributed by atoms with Gasteiger partial charge in [0.15, 0.2) is 5.78 Å². The molecule has 0 aromatic heterocycles. The molecule has 2 unspecified atom stereocenters. The van der Waals surface area contributed by atoms with Crippen LogP contribution in [0.2, 0.25) is 0 Å². The Labute approximate surface area is 82.8 Å². The SMILES string of the molecule is CC1=CC(=O)C2CC1C(C)=C/C2=N\O. The Kier molecular flexibility index (Phi) is 2.02. The quantitative estimate of drug-likeness (QED) is 0.470. The van der Waals surface area contributed by atoms with Gasteiger partial charge in [0.1, 0.15) is 0 Å². The molecule has 2 bridgehead atoms. The minimum absolute atomic E-state index is 0.0651. The van der Waals surface area contributed by atoms with Crippen molar-refractivity contribution in [1.29, 1.82) is 0 Å². The first-order chi connectivity index (χ1) is 6.63. The van der Waals surface area contributed by atoms with Gasteiger partial charge in [-0.2, -0.15) is 0 Å². The lowest BCUT2D eigenvalue weighted by atomic mass is 9.71. The van der Waals surface area contributed by atoms with E-state index in [1.54, 1.807) is 6.08 Å². The highest BCUT2D eigenvalue weighted by Gasteiger charge is 2.35. The molecule has 0 aromatic rings. The Morgan fingerprint density at radius 1 is 1.29 bits per heavy atom. The Hall–Kier alpha value is -1.38. The molecule has 0 aliphatic heterocycles. The Balaban J connectivity index is 2.49. The number of rotatable bonds is 0. The highest BCUT2D eigenvalue weighted by Crippen LogP contribution is 2.37. The molecule has 3 nitrogen and oxygen atoms in total. The molecule has 0 heterocycles. The van der Waals surface area contributed by atoms with Crippen molar-refractivity contribution in [2.45, 2.75) is 20.3 Å². The third kappa shape index (κ3) is 1.20. The van der Waals surface area contributed by atoms with Crippen LogP contribution in [0.4, 0.5) is 0 Å². The van der Waals surface area contributed by atoms with Crippen LogP contribution in [-0.4, -0.2) is 16.7 Å². The van der Waals surface area contributed by atoms with Gasteiger partial charge < -0.3 is 5.21 Å². The molecule has 0 amide bonds. The van der Waals surface area contributed by atoms with Crippen molar-refractivity contribution in [3.8, 4) is 0 Å². The minimum atomic E-state index is -0.225. The van der Waals surface area contributed by atoms with Gasteiger partial charge in [0.05, 0.1) is 11.6 Å². The summed E-state index contributed by atoms with van der Waals surface area (Å²) in [6.07, 6.45) is 4.27. The van der Waals surface area contributed by atoms with Gasteiger partial charge in [-0.05, 0) is 32.4 Å². The van der Waals surface area contributed by atoms with Gasteiger partial charge >= 0.3 is 0 Å². The summed E-state index contributed by atoms with van der Waals surface area (Å²) in [5.41, 5.74) is 2.81. The number of hydrogen-bond acceptors (Lipinski definition) is 3. The standard InChI is InChI=1S/C11H13NO2/c1-6-3-10(12-14)9-5-8(6)7(2)4-11(9)13/h3-4,8-9,14H,5H2,1-2H3/b12-10+. The van der Waals surface area contributed by atoms with Crippen molar-refractivity contribution in [3.05, 3.63) is 23.3 Å². The van der Waals surface area contributed by atoms with Crippen LogP contribution < -0.4 is 0 Å². The first-order valence-electron chi connectivity index (χ1n) is 4.75. The van der Waals surface area contributed by atoms with E-state index in [0.29, 0.717) is 11.6 Å². The zero-order chi connectivity index (χ0) is 10.3. The Morgan fingerprint density at radius 3 is 2.57 bits per heavy atom. The lowest BCUT2D eigenvalue weighted by Gasteiger charge is -2.32. The van der Waals surface area contributed by atoms with Crippen molar-refractivity contribution in [3.63, 3.8) is 0 Å². The van der Waals surface area contributed by atoms with Crippen LogP contribution in [0.25, 0.3) is 0 Å². The fraction of sp³-hybridized carbons (Fsp3) is 0.455. The average molecular weight is 191 g/mol. The molecular weight excluding hydrogens is 178 g/mol. The number of carbonyl (C=O) groups excluding carboxylic acids is 1. The Bertz CT molecular complexity index is 377. The molecule has 0 aromatic carbocycles. The van der Waals surface area contributed by atoms with Gasteiger partial charge in [-0.25, -0.2) is 0 Å². The minimum Gasteiger partial charge on any atom is -0.411 e. The number of nitrogens with zero attached hydrogens (tertiary/aromatic N) is 1. The second kappa shape index (κ2) is 3.08. The summed E-state index contributed by atoms with van der Waals surface area (Å²) in [6, 6.07) is 0. The molecule has 2 aliphatic carbocycles. The van der Waals surface area contributed by atoms with Gasteiger partial charge in [-0.3, -0.25) is 4.79 Å². The highest BCUT2D eigenvalue weighted by atomic mass is 16.4. The number of ketones is 1. The van der Waals surface area contributed by atoms with Crippen LogP contribution in [0.1, 0.15) is 20.3 Å². The fourth-order valence-corrected chi connectivity index (χ4v) is 2.31. The van der Waals surface area contributed by atoms with E-state index in [1.165, 1.54) is 5.57 Å². The summed E-state index contributed by atoms with van der Waals surface area (Å²) in [6.45, 7) is 4.00. The van der Waals surface area contributed by atoms with Gasteiger partial charge in [-0.15, -0.1) is 0 Å². The molecular formula is C11H13NO2. The Morgan fingerprint density at radius 2 is 1.93 bits per heavy atom. The lowest BCUT2D eigenvalue weighted by molar-refractivity contribution is -0.117. The largest absolute Gasteiger partial charge is 0.411 e. The molecule has 0 fully saturated rings. The molecule has 0 saturated heterocycles. The van der Waals surface area contributed by atoms with E-state index in [2.05, 4.69) is 5.16 Å². The highest BCUT2D eigenvalue weighted by molar-refractivity contribution is 6.15. The van der Waals surface area contributed by atoms with E-state index in [-0.39, 0.29) is 11.7 Å². The molecule has 74 valence electrons. The monoisotopic (exact) mass is 191 g/mol. The van der Waals surface area contributed by atoms with Gasteiger partial charge in [0.25, 0.3) is 0 Å². The van der Waals surface area contributed by atoms with Crippen LogP contribution >= 0.6 is 0 Å². The molecule has 0 saturated carbocycles. The number of allylic oxidation sites excluding steroid dienone is 4. The normalized spacial score (nSPS) is 34.1. The van der Waals surface area contributed by atoms with Gasteiger partial charge in [-0.1, -0.05) is 16.3 Å². The lowest BCUT2D eigenvalue weighted by Crippen LogP contribution is -2.33. The predicted molar refractivity (Wildman–Crippen MR) is 53.3 cm³/mol. The summed E-state index contributed by atoms with van der Waals surface area (Å²) in [5, 5.41) is 12.0. The number of oxime groups is 1. The van der Waals surface area contributed by atoms with E-state index in [4.69, 9.17) is 5.21 Å². The van der Waals surface area contributed by atoms with Gasteiger partial charge in [0.2, 0.25) is 0 Å². The van der Waals surface area contributed by atoms with Crippen LogP contribution in [-0.2, 0) is 4.79 Å². The van der Waals surface area contributed by atoms with E-state index in [9.17, 15) is 4.79 Å². The molecule has 0 radical (unpaired) electrons. The second-order valence-corrected chi connectivity index (χ2v) is 4.04.